The Morgan fingerprint density at radius 3 is 2.44 bits per heavy atom. The normalized spacial score (nSPS) is 19.9. The van der Waals surface area contributed by atoms with Crippen molar-refractivity contribution in [2.75, 3.05) is 0 Å². The highest BCUT2D eigenvalue weighted by molar-refractivity contribution is 7.19. The molecule has 9 heteroatoms. The van der Waals surface area contributed by atoms with E-state index in [2.05, 4.69) is 9.97 Å². The Labute approximate surface area is 200 Å². The fraction of sp³-hybridized carbons (Fsp3) is 0.360. The minimum absolute atomic E-state index is 0.0265. The van der Waals surface area contributed by atoms with Crippen molar-refractivity contribution in [2.45, 2.75) is 41.2 Å². The van der Waals surface area contributed by atoms with Gasteiger partial charge in [-0.05, 0) is 30.5 Å². The Kier molecular flexibility index (Phi) is 5.74. The zero-order chi connectivity index (χ0) is 24.9. The van der Waals surface area contributed by atoms with Crippen LogP contribution >= 0.6 is 11.3 Å². The summed E-state index contributed by atoms with van der Waals surface area (Å²) in [4.78, 5) is 47.9. The van der Waals surface area contributed by atoms with Crippen LogP contribution in [0.4, 0.5) is 0 Å². The molecular weight excluding hydrogens is 452 g/mol. The number of rotatable bonds is 4. The van der Waals surface area contributed by atoms with Gasteiger partial charge >= 0.3 is 5.97 Å². The molecule has 1 aliphatic carbocycles. The molecule has 2 unspecified atom stereocenters. The fourth-order valence-electron chi connectivity index (χ4n) is 4.81. The molecule has 1 N–H and O–H groups in total. The summed E-state index contributed by atoms with van der Waals surface area (Å²) in [6.45, 7) is 9.62. The molecule has 4 heterocycles. The summed E-state index contributed by atoms with van der Waals surface area (Å²) in [5, 5.41) is 19.1. The molecule has 2 fully saturated rings. The van der Waals surface area contributed by atoms with E-state index in [0.29, 0.717) is 16.6 Å². The van der Waals surface area contributed by atoms with Crippen molar-refractivity contribution in [1.29, 1.82) is 5.26 Å². The van der Waals surface area contributed by atoms with E-state index in [1.165, 1.54) is 22.3 Å². The van der Waals surface area contributed by atoms with E-state index >= 15 is 0 Å². The van der Waals surface area contributed by atoms with Crippen LogP contribution in [-0.2, 0) is 16.1 Å². The third kappa shape index (κ3) is 3.46. The molecule has 3 aromatic heterocycles. The van der Waals surface area contributed by atoms with Gasteiger partial charge in [-0.1, -0.05) is 27.7 Å². The third-order valence-electron chi connectivity index (χ3n) is 6.49. The minimum Gasteiger partial charge on any atom is -0.478 e. The maximum Gasteiger partial charge on any atom is 0.338 e. The van der Waals surface area contributed by atoms with Crippen LogP contribution in [-0.4, -0.2) is 37.8 Å². The lowest BCUT2D eigenvalue weighted by molar-refractivity contribution is -0.143. The molecule has 8 nitrogen and oxygen atoms in total. The number of piperidine rings is 1. The molecule has 1 saturated carbocycles. The Hall–Kier alpha value is -3.64. The lowest BCUT2D eigenvalue weighted by Gasteiger charge is -2.19. The first-order valence-electron chi connectivity index (χ1n) is 11.0. The van der Waals surface area contributed by atoms with Crippen LogP contribution in [0.5, 0.6) is 0 Å². The second-order valence-corrected chi connectivity index (χ2v) is 9.89. The van der Waals surface area contributed by atoms with Crippen molar-refractivity contribution in [3.63, 3.8) is 0 Å². The maximum atomic E-state index is 12.7. The van der Waals surface area contributed by atoms with Crippen molar-refractivity contribution >= 4 is 39.3 Å². The average molecular weight is 477 g/mol. The van der Waals surface area contributed by atoms with E-state index in [9.17, 15) is 24.8 Å². The molecule has 34 heavy (non-hydrogen) atoms. The second-order valence-electron chi connectivity index (χ2n) is 8.76. The zero-order valence-electron chi connectivity index (χ0n) is 19.5. The largest absolute Gasteiger partial charge is 0.478 e. The number of aryl methyl sites for hydroxylation is 1. The van der Waals surface area contributed by atoms with Crippen molar-refractivity contribution in [3.05, 3.63) is 46.2 Å². The first-order valence-corrected chi connectivity index (χ1v) is 11.8. The number of nitrogens with zero attached hydrogens (tertiary/aromatic N) is 4. The second kappa shape index (κ2) is 8.29. The summed E-state index contributed by atoms with van der Waals surface area (Å²) in [7, 11) is 0. The van der Waals surface area contributed by atoms with Crippen molar-refractivity contribution < 1.29 is 19.5 Å². The number of aromatic nitrogens is 2. The third-order valence-corrected chi connectivity index (χ3v) is 7.63. The van der Waals surface area contributed by atoms with Crippen molar-refractivity contribution in [2.24, 2.45) is 17.3 Å². The summed E-state index contributed by atoms with van der Waals surface area (Å²) in [5.41, 5.74) is 1.79. The van der Waals surface area contributed by atoms with Gasteiger partial charge in [0.2, 0.25) is 11.8 Å². The van der Waals surface area contributed by atoms with Gasteiger partial charge in [-0.3, -0.25) is 19.5 Å². The topological polar surface area (TPSA) is 124 Å². The number of carboxylic acid groups (broad SMARTS) is 1. The number of carboxylic acids is 1. The SMILES string of the molecule is CC.Cc1nc(C#N)cc(-c2ccnc3cc(CN4C(=O)C5C(C4=O)C5(C)C)sc23)c1C(=O)O. The number of pyridine rings is 2. The number of nitriles is 1. The van der Waals surface area contributed by atoms with Crippen LogP contribution in [0.15, 0.2) is 24.4 Å². The number of carbonyl (C=O) groups is 3. The van der Waals surface area contributed by atoms with Crippen LogP contribution in [0, 0.1) is 35.5 Å². The van der Waals surface area contributed by atoms with Gasteiger partial charge in [0.15, 0.2) is 0 Å². The van der Waals surface area contributed by atoms with Gasteiger partial charge in [0.25, 0.3) is 0 Å². The predicted molar refractivity (Wildman–Crippen MR) is 127 cm³/mol. The zero-order valence-corrected chi connectivity index (χ0v) is 20.4. The first kappa shape index (κ1) is 23.5. The fourth-order valence-corrected chi connectivity index (χ4v) is 5.94. The van der Waals surface area contributed by atoms with Crippen LogP contribution in [0.3, 0.4) is 0 Å². The molecule has 3 aromatic rings. The number of carbonyl (C=O) groups excluding carboxylic acids is 2. The molecule has 2 aliphatic rings. The first-order chi connectivity index (χ1) is 16.1. The number of imide groups is 1. The van der Waals surface area contributed by atoms with Crippen LogP contribution in [0.25, 0.3) is 21.3 Å². The van der Waals surface area contributed by atoms with Crippen molar-refractivity contribution in [3.8, 4) is 17.2 Å². The van der Waals surface area contributed by atoms with Gasteiger partial charge in [-0.2, -0.15) is 5.26 Å². The monoisotopic (exact) mass is 476 g/mol. The summed E-state index contributed by atoms with van der Waals surface area (Å²) in [5.74, 6) is -1.87. The highest BCUT2D eigenvalue weighted by atomic mass is 32.1. The van der Waals surface area contributed by atoms with Crippen LogP contribution in [0.2, 0.25) is 0 Å². The average Bonchev–Trinajstić information content (AvgIpc) is 3.06. The minimum atomic E-state index is -1.13. The molecule has 2 atom stereocenters. The van der Waals surface area contributed by atoms with E-state index in [4.69, 9.17) is 0 Å². The molecule has 1 aliphatic heterocycles. The van der Waals surface area contributed by atoms with Crippen LogP contribution < -0.4 is 0 Å². The summed E-state index contributed by atoms with van der Waals surface area (Å²) < 4.78 is 0.726. The number of fused-ring (bicyclic) bond motifs is 2. The number of thiophene rings is 1. The van der Waals surface area contributed by atoms with Gasteiger partial charge in [0, 0.05) is 22.2 Å². The highest BCUT2D eigenvalue weighted by Gasteiger charge is 2.72. The van der Waals surface area contributed by atoms with Gasteiger partial charge in [-0.15, -0.1) is 11.3 Å². The number of aromatic carboxylic acids is 1. The Morgan fingerprint density at radius 2 is 1.85 bits per heavy atom. The number of likely N-dealkylation sites (tertiary alicyclic amines) is 1. The molecule has 0 spiro atoms. The Balaban J connectivity index is 0.00000133. The van der Waals surface area contributed by atoms with E-state index in [0.717, 1.165) is 9.58 Å². The van der Waals surface area contributed by atoms with Crippen molar-refractivity contribution in [1.82, 2.24) is 14.9 Å². The highest BCUT2D eigenvalue weighted by Crippen LogP contribution is 2.63. The molecule has 0 radical (unpaired) electrons. The Bertz CT molecular complexity index is 1380. The summed E-state index contributed by atoms with van der Waals surface area (Å²) in [6.07, 6.45) is 1.57. The van der Waals surface area contributed by atoms with E-state index in [1.807, 2.05) is 39.8 Å². The van der Waals surface area contributed by atoms with E-state index in [1.54, 1.807) is 19.2 Å². The van der Waals surface area contributed by atoms with Gasteiger partial charge in [-0.25, -0.2) is 9.78 Å². The van der Waals surface area contributed by atoms with E-state index in [-0.39, 0.29) is 52.6 Å². The standard InChI is InChI=1S/C23H18N4O4S.C2H6/c1-10-16(22(30)31)14(6-11(8-24)26-10)13-4-5-25-15-7-12(32-19(13)15)9-27-20(28)17-18(21(27)29)23(17,2)3;1-2/h4-7,17-18H,9H2,1-3H3,(H,30,31);1-2H3. The summed E-state index contributed by atoms with van der Waals surface area (Å²) >= 11 is 1.36. The molecule has 0 aromatic carbocycles. The molecular formula is C25H24N4O4S. The molecule has 5 rings (SSSR count). The smallest absolute Gasteiger partial charge is 0.338 e. The molecule has 2 amide bonds. The lowest BCUT2D eigenvalue weighted by Crippen LogP contribution is -2.35. The molecule has 0 bridgehead atoms. The quantitative estimate of drug-likeness (QED) is 0.553. The van der Waals surface area contributed by atoms with Crippen LogP contribution in [0.1, 0.15) is 54.3 Å². The summed E-state index contributed by atoms with van der Waals surface area (Å²) in [6, 6.07) is 6.96. The Morgan fingerprint density at radius 1 is 1.21 bits per heavy atom. The lowest BCUT2D eigenvalue weighted by atomic mass is 9.98. The molecule has 1 saturated heterocycles. The maximum absolute atomic E-state index is 12.7. The van der Waals surface area contributed by atoms with Gasteiger partial charge in [0.05, 0.1) is 39.9 Å². The van der Waals surface area contributed by atoms with Gasteiger partial charge in [0.1, 0.15) is 11.8 Å². The number of hydrogen-bond acceptors (Lipinski definition) is 7. The number of amides is 2. The number of hydrogen-bond donors (Lipinski definition) is 1. The van der Waals surface area contributed by atoms with Gasteiger partial charge < -0.3 is 5.11 Å². The molecule has 174 valence electrons. The predicted octanol–water partition coefficient (Wildman–Crippen LogP) is 4.40. The van der Waals surface area contributed by atoms with E-state index < -0.39 is 5.97 Å².